The SMILES string of the molecule is CC(C)NC(=O)C1CCc2n[nH]c(=O)cc2C1. The van der Waals surface area contributed by atoms with Gasteiger partial charge in [-0.3, -0.25) is 9.59 Å². The molecule has 2 N–H and O–H groups in total. The Labute approximate surface area is 99.6 Å². The monoisotopic (exact) mass is 235 g/mol. The Morgan fingerprint density at radius 1 is 1.59 bits per heavy atom. The van der Waals surface area contributed by atoms with E-state index in [-0.39, 0.29) is 23.4 Å². The number of nitrogens with one attached hydrogen (secondary N) is 2. The summed E-state index contributed by atoms with van der Waals surface area (Å²) in [6.45, 7) is 3.89. The van der Waals surface area contributed by atoms with Crippen LogP contribution in [0.1, 0.15) is 31.5 Å². The molecule has 1 atom stereocenters. The van der Waals surface area contributed by atoms with Gasteiger partial charge in [-0.25, -0.2) is 5.10 Å². The molecule has 1 aromatic heterocycles. The van der Waals surface area contributed by atoms with Crippen molar-refractivity contribution in [2.75, 3.05) is 0 Å². The molecule has 1 aliphatic carbocycles. The molecule has 5 nitrogen and oxygen atoms in total. The maximum absolute atomic E-state index is 11.9. The number of aromatic amines is 1. The van der Waals surface area contributed by atoms with Gasteiger partial charge in [-0.05, 0) is 38.7 Å². The van der Waals surface area contributed by atoms with E-state index in [4.69, 9.17) is 0 Å². The third kappa shape index (κ3) is 2.72. The second-order valence-corrected chi connectivity index (χ2v) is 4.81. The number of hydrogen-bond donors (Lipinski definition) is 2. The van der Waals surface area contributed by atoms with Gasteiger partial charge in [0.25, 0.3) is 5.56 Å². The highest BCUT2D eigenvalue weighted by Gasteiger charge is 2.25. The molecule has 2 rings (SSSR count). The van der Waals surface area contributed by atoms with Crippen LogP contribution < -0.4 is 10.9 Å². The topological polar surface area (TPSA) is 74.8 Å². The number of fused-ring (bicyclic) bond motifs is 1. The van der Waals surface area contributed by atoms with Gasteiger partial charge >= 0.3 is 0 Å². The van der Waals surface area contributed by atoms with Crippen molar-refractivity contribution < 1.29 is 4.79 Å². The molecule has 0 radical (unpaired) electrons. The Hall–Kier alpha value is -1.65. The standard InChI is InChI=1S/C12H17N3O2/c1-7(2)13-12(17)8-3-4-10-9(5-8)6-11(16)15-14-10/h6-8H,3-5H2,1-2H3,(H,13,17)(H,15,16). The van der Waals surface area contributed by atoms with Crippen molar-refractivity contribution in [3.05, 3.63) is 27.7 Å². The molecule has 0 aromatic carbocycles. The van der Waals surface area contributed by atoms with Crippen molar-refractivity contribution in [2.45, 2.75) is 39.2 Å². The van der Waals surface area contributed by atoms with Crippen molar-refractivity contribution in [1.29, 1.82) is 0 Å². The number of hydrogen-bond acceptors (Lipinski definition) is 3. The van der Waals surface area contributed by atoms with Crippen LogP contribution in [0, 0.1) is 5.92 Å². The number of H-pyrrole nitrogens is 1. The minimum absolute atomic E-state index is 0.0338. The predicted octanol–water partition coefficient (Wildman–Crippen LogP) is 0.399. The van der Waals surface area contributed by atoms with Gasteiger partial charge in [0.05, 0.1) is 5.69 Å². The van der Waals surface area contributed by atoms with E-state index < -0.39 is 0 Å². The normalized spacial score (nSPS) is 18.9. The lowest BCUT2D eigenvalue weighted by Crippen LogP contribution is -2.38. The van der Waals surface area contributed by atoms with E-state index in [1.54, 1.807) is 6.07 Å². The van der Waals surface area contributed by atoms with Crippen LogP contribution in [0.25, 0.3) is 0 Å². The van der Waals surface area contributed by atoms with Crippen LogP contribution in [-0.2, 0) is 17.6 Å². The first kappa shape index (κ1) is 11.8. The molecular weight excluding hydrogens is 218 g/mol. The first-order valence-corrected chi connectivity index (χ1v) is 5.94. The molecule has 1 aromatic rings. The van der Waals surface area contributed by atoms with E-state index in [0.29, 0.717) is 6.42 Å². The maximum Gasteiger partial charge on any atom is 0.264 e. The van der Waals surface area contributed by atoms with Crippen LogP contribution in [0.3, 0.4) is 0 Å². The molecule has 0 saturated heterocycles. The molecule has 1 heterocycles. The van der Waals surface area contributed by atoms with Gasteiger partial charge in [-0.15, -0.1) is 0 Å². The summed E-state index contributed by atoms with van der Waals surface area (Å²) < 4.78 is 0. The molecule has 0 saturated carbocycles. The van der Waals surface area contributed by atoms with E-state index in [9.17, 15) is 9.59 Å². The van der Waals surface area contributed by atoms with E-state index in [2.05, 4.69) is 15.5 Å². The second-order valence-electron chi connectivity index (χ2n) is 4.81. The molecule has 1 unspecified atom stereocenters. The fourth-order valence-electron chi connectivity index (χ4n) is 2.17. The minimum Gasteiger partial charge on any atom is -0.354 e. The maximum atomic E-state index is 11.9. The van der Waals surface area contributed by atoms with Crippen LogP contribution in [-0.4, -0.2) is 22.1 Å². The van der Waals surface area contributed by atoms with Crippen molar-refractivity contribution in [3.8, 4) is 0 Å². The number of carbonyl (C=O) groups excluding carboxylic acids is 1. The molecule has 1 aliphatic rings. The van der Waals surface area contributed by atoms with Gasteiger partial charge in [-0.2, -0.15) is 5.10 Å². The number of aryl methyl sites for hydroxylation is 1. The molecule has 1 amide bonds. The summed E-state index contributed by atoms with van der Waals surface area (Å²) in [7, 11) is 0. The Balaban J connectivity index is 2.12. The number of aromatic nitrogens is 2. The van der Waals surface area contributed by atoms with Gasteiger partial charge in [-0.1, -0.05) is 0 Å². The highest BCUT2D eigenvalue weighted by atomic mass is 16.2. The van der Waals surface area contributed by atoms with E-state index in [1.165, 1.54) is 0 Å². The van der Waals surface area contributed by atoms with Crippen molar-refractivity contribution in [3.63, 3.8) is 0 Å². The lowest BCUT2D eigenvalue weighted by atomic mass is 9.86. The first-order chi connectivity index (χ1) is 8.06. The summed E-state index contributed by atoms with van der Waals surface area (Å²) in [5, 5.41) is 9.35. The molecular formula is C12H17N3O2. The third-order valence-electron chi connectivity index (χ3n) is 2.97. The fourth-order valence-corrected chi connectivity index (χ4v) is 2.17. The minimum atomic E-state index is -0.200. The number of nitrogens with zero attached hydrogens (tertiary/aromatic N) is 1. The molecule has 17 heavy (non-hydrogen) atoms. The van der Waals surface area contributed by atoms with Crippen LogP contribution in [0.5, 0.6) is 0 Å². The summed E-state index contributed by atoms with van der Waals surface area (Å²) in [4.78, 5) is 23.1. The van der Waals surface area contributed by atoms with Crippen LogP contribution in [0.2, 0.25) is 0 Å². The largest absolute Gasteiger partial charge is 0.354 e. The number of carbonyl (C=O) groups is 1. The molecule has 0 bridgehead atoms. The third-order valence-corrected chi connectivity index (χ3v) is 2.97. The van der Waals surface area contributed by atoms with Gasteiger partial charge in [0.15, 0.2) is 0 Å². The van der Waals surface area contributed by atoms with Gasteiger partial charge in [0.1, 0.15) is 0 Å². The molecule has 0 spiro atoms. The second kappa shape index (κ2) is 4.69. The van der Waals surface area contributed by atoms with Crippen LogP contribution >= 0.6 is 0 Å². The average molecular weight is 235 g/mol. The highest BCUT2D eigenvalue weighted by molar-refractivity contribution is 5.79. The highest BCUT2D eigenvalue weighted by Crippen LogP contribution is 2.22. The van der Waals surface area contributed by atoms with E-state index >= 15 is 0 Å². The lowest BCUT2D eigenvalue weighted by molar-refractivity contribution is -0.125. The zero-order valence-electron chi connectivity index (χ0n) is 10.1. The molecule has 0 aliphatic heterocycles. The Bertz CT molecular complexity index is 479. The van der Waals surface area contributed by atoms with E-state index in [0.717, 1.165) is 24.1 Å². The Morgan fingerprint density at radius 2 is 2.35 bits per heavy atom. The number of amides is 1. The van der Waals surface area contributed by atoms with Crippen LogP contribution in [0.4, 0.5) is 0 Å². The number of rotatable bonds is 2. The van der Waals surface area contributed by atoms with Gasteiger partial charge in [0.2, 0.25) is 5.91 Å². The van der Waals surface area contributed by atoms with Gasteiger partial charge < -0.3 is 5.32 Å². The van der Waals surface area contributed by atoms with E-state index in [1.807, 2.05) is 13.8 Å². The van der Waals surface area contributed by atoms with Crippen molar-refractivity contribution in [1.82, 2.24) is 15.5 Å². The van der Waals surface area contributed by atoms with Crippen LogP contribution in [0.15, 0.2) is 10.9 Å². The summed E-state index contributed by atoms with van der Waals surface area (Å²) in [5.74, 6) is 0.0411. The van der Waals surface area contributed by atoms with Crippen molar-refractivity contribution in [2.24, 2.45) is 5.92 Å². The summed E-state index contributed by atoms with van der Waals surface area (Å²) in [5.41, 5.74) is 1.62. The average Bonchev–Trinajstić information content (AvgIpc) is 2.27. The summed E-state index contributed by atoms with van der Waals surface area (Å²) in [6.07, 6.45) is 2.16. The Morgan fingerprint density at radius 3 is 3.06 bits per heavy atom. The zero-order chi connectivity index (χ0) is 12.4. The zero-order valence-corrected chi connectivity index (χ0v) is 10.1. The fraction of sp³-hybridized carbons (Fsp3) is 0.583. The molecule has 0 fully saturated rings. The summed E-state index contributed by atoms with van der Waals surface area (Å²) in [6, 6.07) is 1.71. The predicted molar refractivity (Wildman–Crippen MR) is 63.7 cm³/mol. The smallest absolute Gasteiger partial charge is 0.264 e. The first-order valence-electron chi connectivity index (χ1n) is 5.94. The molecule has 5 heteroatoms. The molecule has 92 valence electrons. The van der Waals surface area contributed by atoms with Gasteiger partial charge in [0, 0.05) is 18.0 Å². The Kier molecular flexibility index (Phi) is 3.26. The quantitative estimate of drug-likeness (QED) is 0.779. The lowest BCUT2D eigenvalue weighted by Gasteiger charge is -2.23. The van der Waals surface area contributed by atoms with Crippen molar-refractivity contribution >= 4 is 5.91 Å². The summed E-state index contributed by atoms with van der Waals surface area (Å²) >= 11 is 0.